The molecule has 0 amide bonds. The molecule has 2 rings (SSSR count). The van der Waals surface area contributed by atoms with Crippen molar-refractivity contribution < 1.29 is 14.6 Å². The lowest BCUT2D eigenvalue weighted by Crippen LogP contribution is -2.46. The van der Waals surface area contributed by atoms with E-state index >= 15 is 0 Å². The average molecular weight is 250 g/mol. The maximum Gasteiger partial charge on any atom is 0.307 e. The number of halogens is 1. The predicted octanol–water partition coefficient (Wildman–Crippen LogP) is 1.38. The standard InChI is InChI=1S/C11H19NO3.ClH/c13-11(14)9-2-1-5-12(8-9)10-3-6-15-7-4-10;/h9-10H,1-8H2,(H,13,14);1H. The second-order valence-electron chi connectivity index (χ2n) is 4.52. The van der Waals surface area contributed by atoms with Crippen LogP contribution in [0, 0.1) is 5.92 Å². The smallest absolute Gasteiger partial charge is 0.307 e. The van der Waals surface area contributed by atoms with Crippen LogP contribution >= 0.6 is 12.4 Å². The van der Waals surface area contributed by atoms with Gasteiger partial charge in [-0.05, 0) is 32.2 Å². The quantitative estimate of drug-likeness (QED) is 0.804. The normalized spacial score (nSPS) is 28.4. The van der Waals surface area contributed by atoms with Gasteiger partial charge in [-0.3, -0.25) is 9.69 Å². The maximum absolute atomic E-state index is 10.9. The summed E-state index contributed by atoms with van der Waals surface area (Å²) in [6.45, 7) is 3.46. The number of nitrogens with zero attached hydrogens (tertiary/aromatic N) is 1. The van der Waals surface area contributed by atoms with E-state index in [1.54, 1.807) is 0 Å². The van der Waals surface area contributed by atoms with Gasteiger partial charge in [0.05, 0.1) is 5.92 Å². The molecule has 2 aliphatic heterocycles. The van der Waals surface area contributed by atoms with E-state index in [1.165, 1.54) is 0 Å². The molecule has 2 fully saturated rings. The molecule has 4 nitrogen and oxygen atoms in total. The van der Waals surface area contributed by atoms with Gasteiger partial charge in [0.15, 0.2) is 0 Å². The van der Waals surface area contributed by atoms with Gasteiger partial charge in [-0.2, -0.15) is 0 Å². The van der Waals surface area contributed by atoms with Crippen LogP contribution in [-0.4, -0.2) is 48.3 Å². The predicted molar refractivity (Wildman–Crippen MR) is 63.0 cm³/mol. The van der Waals surface area contributed by atoms with E-state index in [2.05, 4.69) is 4.90 Å². The van der Waals surface area contributed by atoms with E-state index in [1.807, 2.05) is 0 Å². The summed E-state index contributed by atoms with van der Waals surface area (Å²) in [6.07, 6.45) is 3.99. The largest absolute Gasteiger partial charge is 0.481 e. The summed E-state index contributed by atoms with van der Waals surface area (Å²) >= 11 is 0. The minimum Gasteiger partial charge on any atom is -0.481 e. The minimum atomic E-state index is -0.633. The zero-order valence-corrected chi connectivity index (χ0v) is 10.2. The van der Waals surface area contributed by atoms with Crippen LogP contribution in [0.15, 0.2) is 0 Å². The molecule has 2 aliphatic rings. The molecule has 1 atom stereocenters. The van der Waals surface area contributed by atoms with Crippen molar-refractivity contribution >= 4 is 18.4 Å². The highest BCUT2D eigenvalue weighted by atomic mass is 35.5. The fourth-order valence-corrected chi connectivity index (χ4v) is 2.59. The van der Waals surface area contributed by atoms with Crippen molar-refractivity contribution in [3.8, 4) is 0 Å². The Morgan fingerprint density at radius 1 is 1.25 bits per heavy atom. The second kappa shape index (κ2) is 6.42. The lowest BCUT2D eigenvalue weighted by molar-refractivity contribution is -0.144. The molecule has 5 heteroatoms. The van der Waals surface area contributed by atoms with Crippen molar-refractivity contribution in [3.63, 3.8) is 0 Å². The topological polar surface area (TPSA) is 49.8 Å². The van der Waals surface area contributed by atoms with Crippen molar-refractivity contribution in [1.29, 1.82) is 0 Å². The van der Waals surface area contributed by atoms with Crippen LogP contribution in [0.2, 0.25) is 0 Å². The first-order chi connectivity index (χ1) is 7.27. The first kappa shape index (κ1) is 13.7. The number of carboxylic acid groups (broad SMARTS) is 1. The first-order valence-corrected chi connectivity index (χ1v) is 5.82. The molecule has 0 aromatic carbocycles. The van der Waals surface area contributed by atoms with E-state index in [9.17, 15) is 4.79 Å². The van der Waals surface area contributed by atoms with Gasteiger partial charge >= 0.3 is 5.97 Å². The van der Waals surface area contributed by atoms with Crippen LogP contribution in [0.25, 0.3) is 0 Å². The number of piperidine rings is 1. The Morgan fingerprint density at radius 2 is 1.94 bits per heavy atom. The van der Waals surface area contributed by atoms with Crippen molar-refractivity contribution in [1.82, 2.24) is 4.90 Å². The van der Waals surface area contributed by atoms with Crippen molar-refractivity contribution in [2.75, 3.05) is 26.3 Å². The molecule has 1 unspecified atom stereocenters. The van der Waals surface area contributed by atoms with Crippen molar-refractivity contribution in [2.45, 2.75) is 31.7 Å². The molecular weight excluding hydrogens is 230 g/mol. The number of aliphatic carboxylic acids is 1. The third-order valence-electron chi connectivity index (χ3n) is 3.51. The average Bonchev–Trinajstić information content (AvgIpc) is 2.30. The Bertz CT molecular complexity index is 231. The number of ether oxygens (including phenoxy) is 1. The summed E-state index contributed by atoms with van der Waals surface area (Å²) in [4.78, 5) is 13.3. The molecular formula is C11H20ClNO3. The molecule has 0 radical (unpaired) electrons. The SMILES string of the molecule is Cl.O=C(O)C1CCCN(C2CCOCC2)C1. The third-order valence-corrected chi connectivity index (χ3v) is 3.51. The van der Waals surface area contributed by atoms with Gasteiger partial charge in [0, 0.05) is 25.8 Å². The van der Waals surface area contributed by atoms with Gasteiger partial charge < -0.3 is 9.84 Å². The van der Waals surface area contributed by atoms with E-state index < -0.39 is 5.97 Å². The Morgan fingerprint density at radius 3 is 2.56 bits per heavy atom. The van der Waals surface area contributed by atoms with Gasteiger partial charge in [-0.25, -0.2) is 0 Å². The number of carboxylic acids is 1. The van der Waals surface area contributed by atoms with Crippen LogP contribution < -0.4 is 0 Å². The molecule has 0 aromatic rings. The number of hydrogen-bond acceptors (Lipinski definition) is 3. The molecule has 1 N–H and O–H groups in total. The number of rotatable bonds is 2. The molecule has 2 heterocycles. The van der Waals surface area contributed by atoms with Crippen molar-refractivity contribution in [3.05, 3.63) is 0 Å². The molecule has 0 aromatic heterocycles. The molecule has 0 aliphatic carbocycles. The third kappa shape index (κ3) is 3.34. The summed E-state index contributed by atoms with van der Waals surface area (Å²) in [6, 6.07) is 0.556. The highest BCUT2D eigenvalue weighted by Gasteiger charge is 2.30. The Kier molecular flexibility index (Phi) is 5.52. The molecule has 0 bridgehead atoms. The van der Waals surface area contributed by atoms with Gasteiger partial charge in [0.25, 0.3) is 0 Å². The Hall–Kier alpha value is -0.320. The van der Waals surface area contributed by atoms with E-state index in [4.69, 9.17) is 9.84 Å². The Labute approximate surface area is 102 Å². The highest BCUT2D eigenvalue weighted by molar-refractivity contribution is 5.85. The summed E-state index contributed by atoms with van der Waals surface area (Å²) in [5.74, 6) is -0.784. The van der Waals surface area contributed by atoms with E-state index in [0.717, 1.165) is 52.0 Å². The summed E-state index contributed by atoms with van der Waals surface area (Å²) < 4.78 is 5.32. The van der Waals surface area contributed by atoms with Crippen LogP contribution in [0.1, 0.15) is 25.7 Å². The number of hydrogen-bond donors (Lipinski definition) is 1. The Balaban J connectivity index is 0.00000128. The monoisotopic (exact) mass is 249 g/mol. The van der Waals surface area contributed by atoms with Crippen LogP contribution in [-0.2, 0) is 9.53 Å². The molecule has 0 saturated carbocycles. The lowest BCUT2D eigenvalue weighted by Gasteiger charge is -2.38. The fourth-order valence-electron chi connectivity index (χ4n) is 2.59. The van der Waals surface area contributed by atoms with Gasteiger partial charge in [0.2, 0.25) is 0 Å². The van der Waals surface area contributed by atoms with E-state index in [-0.39, 0.29) is 18.3 Å². The first-order valence-electron chi connectivity index (χ1n) is 5.82. The molecule has 2 saturated heterocycles. The van der Waals surface area contributed by atoms with Crippen LogP contribution in [0.3, 0.4) is 0 Å². The fraction of sp³-hybridized carbons (Fsp3) is 0.909. The van der Waals surface area contributed by atoms with Crippen LogP contribution in [0.4, 0.5) is 0 Å². The van der Waals surface area contributed by atoms with Gasteiger partial charge in [-0.15, -0.1) is 12.4 Å². The zero-order chi connectivity index (χ0) is 10.7. The summed E-state index contributed by atoms with van der Waals surface area (Å²) in [5, 5.41) is 9.00. The lowest BCUT2D eigenvalue weighted by atomic mass is 9.95. The van der Waals surface area contributed by atoms with Crippen LogP contribution in [0.5, 0.6) is 0 Å². The second-order valence-corrected chi connectivity index (χ2v) is 4.52. The zero-order valence-electron chi connectivity index (χ0n) is 9.43. The number of carbonyl (C=O) groups is 1. The highest BCUT2D eigenvalue weighted by Crippen LogP contribution is 2.22. The van der Waals surface area contributed by atoms with Crippen molar-refractivity contribution in [2.24, 2.45) is 5.92 Å². The summed E-state index contributed by atoms with van der Waals surface area (Å²) in [5.41, 5.74) is 0. The summed E-state index contributed by atoms with van der Waals surface area (Å²) in [7, 11) is 0. The minimum absolute atomic E-state index is 0. The molecule has 94 valence electrons. The van der Waals surface area contributed by atoms with E-state index in [0.29, 0.717) is 6.04 Å². The van der Waals surface area contributed by atoms with Gasteiger partial charge in [-0.1, -0.05) is 0 Å². The number of likely N-dealkylation sites (tertiary alicyclic amines) is 1. The maximum atomic E-state index is 10.9. The van der Waals surface area contributed by atoms with Gasteiger partial charge in [0.1, 0.15) is 0 Å². The molecule has 16 heavy (non-hydrogen) atoms. The molecule has 0 spiro atoms.